The summed E-state index contributed by atoms with van der Waals surface area (Å²) in [5.74, 6) is 0.756. The Morgan fingerprint density at radius 1 is 0.842 bits per heavy atom. The van der Waals surface area contributed by atoms with Gasteiger partial charge in [-0.05, 0) is 42.5 Å². The maximum atomic E-state index is 4.45. The molecule has 1 heterocycles. The van der Waals surface area contributed by atoms with Gasteiger partial charge in [-0.25, -0.2) is 0 Å². The predicted octanol–water partition coefficient (Wildman–Crippen LogP) is 5.19. The van der Waals surface area contributed by atoms with Gasteiger partial charge in [0.25, 0.3) is 0 Å². The highest BCUT2D eigenvalue weighted by atomic mass is 14.7. The van der Waals surface area contributed by atoms with E-state index in [9.17, 15) is 0 Å². The summed E-state index contributed by atoms with van der Waals surface area (Å²) in [6.45, 7) is 0. The number of nitrogens with zero attached hydrogens (tertiary/aromatic N) is 1. The molecule has 1 saturated carbocycles. The third-order valence-electron chi connectivity index (χ3n) is 4.17. The molecule has 0 amide bonds. The molecule has 1 nitrogen and oxygen atoms in total. The van der Waals surface area contributed by atoms with Crippen LogP contribution in [0.4, 0.5) is 0 Å². The van der Waals surface area contributed by atoms with Gasteiger partial charge in [-0.2, -0.15) is 0 Å². The predicted molar refractivity (Wildman–Crippen MR) is 80.1 cm³/mol. The van der Waals surface area contributed by atoms with Crippen molar-refractivity contribution < 1.29 is 0 Å². The van der Waals surface area contributed by atoms with Crippen molar-refractivity contribution in [3.63, 3.8) is 0 Å². The molecule has 0 unspecified atom stereocenters. The van der Waals surface area contributed by atoms with Crippen LogP contribution in [0.3, 0.4) is 0 Å². The first-order chi connectivity index (χ1) is 9.43. The van der Waals surface area contributed by atoms with Gasteiger partial charge in [0.1, 0.15) is 0 Å². The number of hydrogen-bond donors (Lipinski definition) is 0. The molecule has 0 saturated heterocycles. The summed E-state index contributed by atoms with van der Waals surface area (Å²) >= 11 is 0. The molecule has 0 atom stereocenters. The number of pyridine rings is 1. The van der Waals surface area contributed by atoms with Crippen molar-refractivity contribution in [2.24, 2.45) is 0 Å². The third kappa shape index (κ3) is 3.04. The smallest absolute Gasteiger partial charge is 0.0702 e. The summed E-state index contributed by atoms with van der Waals surface area (Å²) < 4.78 is 0. The summed E-state index contributed by atoms with van der Waals surface area (Å²) in [5.41, 5.74) is 3.84. The van der Waals surface area contributed by atoms with E-state index in [2.05, 4.69) is 41.4 Å². The molecular weight excluding hydrogens is 230 g/mol. The number of benzene rings is 1. The third-order valence-corrected chi connectivity index (χ3v) is 4.17. The first kappa shape index (κ1) is 12.4. The normalized spacial score (nSPS) is 17.1. The summed E-state index contributed by atoms with van der Waals surface area (Å²) in [7, 11) is 0. The fourth-order valence-electron chi connectivity index (χ4n) is 3.10. The van der Waals surface area contributed by atoms with Gasteiger partial charge in [-0.1, -0.05) is 49.9 Å². The van der Waals surface area contributed by atoms with Crippen LogP contribution >= 0.6 is 0 Å². The SMILES string of the molecule is c1ccc(-c2cccc(C3CCCCCC3)c2)nc1. The van der Waals surface area contributed by atoms with Crippen LogP contribution in [-0.2, 0) is 0 Å². The molecule has 1 aromatic carbocycles. The molecule has 0 N–H and O–H groups in total. The van der Waals surface area contributed by atoms with Crippen molar-refractivity contribution in [1.82, 2.24) is 4.98 Å². The highest BCUT2D eigenvalue weighted by Gasteiger charge is 2.14. The van der Waals surface area contributed by atoms with E-state index in [1.165, 1.54) is 49.7 Å². The lowest BCUT2D eigenvalue weighted by Gasteiger charge is -2.15. The maximum absolute atomic E-state index is 4.45. The Bertz CT molecular complexity index is 510. The van der Waals surface area contributed by atoms with Gasteiger partial charge in [-0.15, -0.1) is 0 Å². The molecule has 1 aromatic heterocycles. The molecule has 0 spiro atoms. The van der Waals surface area contributed by atoms with Gasteiger partial charge in [-0.3, -0.25) is 4.98 Å². The second kappa shape index (κ2) is 6.01. The minimum atomic E-state index is 0.756. The van der Waals surface area contributed by atoms with Gasteiger partial charge >= 0.3 is 0 Å². The van der Waals surface area contributed by atoms with Crippen molar-refractivity contribution in [3.8, 4) is 11.3 Å². The van der Waals surface area contributed by atoms with E-state index in [4.69, 9.17) is 0 Å². The summed E-state index contributed by atoms with van der Waals surface area (Å²) in [4.78, 5) is 4.45. The van der Waals surface area contributed by atoms with E-state index >= 15 is 0 Å². The molecule has 0 bridgehead atoms. The number of aromatic nitrogens is 1. The van der Waals surface area contributed by atoms with Crippen LogP contribution in [0.15, 0.2) is 48.7 Å². The zero-order valence-corrected chi connectivity index (χ0v) is 11.4. The molecule has 0 aliphatic heterocycles. The Balaban J connectivity index is 1.87. The van der Waals surface area contributed by atoms with Gasteiger partial charge in [0.15, 0.2) is 0 Å². The molecule has 0 radical (unpaired) electrons. The quantitative estimate of drug-likeness (QED) is 0.670. The summed E-state index contributed by atoms with van der Waals surface area (Å²) in [6.07, 6.45) is 10.2. The zero-order valence-electron chi connectivity index (χ0n) is 11.4. The van der Waals surface area contributed by atoms with Crippen LogP contribution in [-0.4, -0.2) is 4.98 Å². The molecule has 1 aliphatic carbocycles. The van der Waals surface area contributed by atoms with Crippen molar-refractivity contribution in [2.45, 2.75) is 44.4 Å². The van der Waals surface area contributed by atoms with Crippen LogP contribution in [0.5, 0.6) is 0 Å². The van der Waals surface area contributed by atoms with Crippen molar-refractivity contribution in [3.05, 3.63) is 54.2 Å². The Morgan fingerprint density at radius 2 is 1.68 bits per heavy atom. The molecule has 1 aliphatic rings. The average molecular weight is 251 g/mol. The van der Waals surface area contributed by atoms with Gasteiger partial charge in [0.2, 0.25) is 0 Å². The molecule has 98 valence electrons. The average Bonchev–Trinajstić information content (AvgIpc) is 2.77. The number of rotatable bonds is 2. The van der Waals surface area contributed by atoms with Crippen LogP contribution in [0.1, 0.15) is 50.0 Å². The fourth-order valence-corrected chi connectivity index (χ4v) is 3.10. The van der Waals surface area contributed by atoms with Crippen LogP contribution in [0, 0.1) is 0 Å². The number of hydrogen-bond acceptors (Lipinski definition) is 1. The maximum Gasteiger partial charge on any atom is 0.0702 e. The Labute approximate surface area is 115 Å². The lowest BCUT2D eigenvalue weighted by molar-refractivity contribution is 0.593. The van der Waals surface area contributed by atoms with E-state index in [-0.39, 0.29) is 0 Å². The molecule has 2 aromatic rings. The largest absolute Gasteiger partial charge is 0.256 e. The van der Waals surface area contributed by atoms with Crippen LogP contribution in [0.25, 0.3) is 11.3 Å². The standard InChI is InChI=1S/C18H21N/c1-2-4-9-15(8-3-1)16-10-7-11-17(14-16)18-12-5-6-13-19-18/h5-7,10-15H,1-4,8-9H2. The first-order valence-corrected chi connectivity index (χ1v) is 7.45. The van der Waals surface area contributed by atoms with Crippen molar-refractivity contribution >= 4 is 0 Å². The second-order valence-corrected chi connectivity index (χ2v) is 5.53. The van der Waals surface area contributed by atoms with Gasteiger partial charge in [0, 0.05) is 11.8 Å². The minimum Gasteiger partial charge on any atom is -0.256 e. The monoisotopic (exact) mass is 251 g/mol. The zero-order chi connectivity index (χ0) is 12.9. The lowest BCUT2D eigenvalue weighted by Crippen LogP contribution is -1.97. The Kier molecular flexibility index (Phi) is 3.92. The molecule has 3 rings (SSSR count). The van der Waals surface area contributed by atoms with Crippen LogP contribution in [0.2, 0.25) is 0 Å². The van der Waals surface area contributed by atoms with Crippen molar-refractivity contribution in [2.75, 3.05) is 0 Å². The molecule has 1 heteroatoms. The Hall–Kier alpha value is -1.63. The molecule has 19 heavy (non-hydrogen) atoms. The second-order valence-electron chi connectivity index (χ2n) is 5.53. The Morgan fingerprint density at radius 3 is 2.42 bits per heavy atom. The van der Waals surface area contributed by atoms with E-state index in [1.54, 1.807) is 0 Å². The fraction of sp³-hybridized carbons (Fsp3) is 0.389. The lowest BCUT2D eigenvalue weighted by atomic mass is 9.90. The van der Waals surface area contributed by atoms with E-state index in [1.807, 2.05) is 12.3 Å². The molecule has 1 fully saturated rings. The van der Waals surface area contributed by atoms with E-state index in [0.717, 1.165) is 11.6 Å². The van der Waals surface area contributed by atoms with E-state index in [0.29, 0.717) is 0 Å². The summed E-state index contributed by atoms with van der Waals surface area (Å²) in [5, 5.41) is 0. The summed E-state index contributed by atoms with van der Waals surface area (Å²) in [6, 6.07) is 15.1. The highest BCUT2D eigenvalue weighted by Crippen LogP contribution is 2.33. The molecular formula is C18H21N. The van der Waals surface area contributed by atoms with Gasteiger partial charge in [0.05, 0.1) is 5.69 Å². The minimum absolute atomic E-state index is 0.756. The van der Waals surface area contributed by atoms with Gasteiger partial charge < -0.3 is 0 Å². The van der Waals surface area contributed by atoms with E-state index < -0.39 is 0 Å². The highest BCUT2D eigenvalue weighted by molar-refractivity contribution is 5.59. The van der Waals surface area contributed by atoms with Crippen molar-refractivity contribution in [1.29, 1.82) is 0 Å². The first-order valence-electron chi connectivity index (χ1n) is 7.45. The van der Waals surface area contributed by atoms with Crippen LogP contribution < -0.4 is 0 Å². The topological polar surface area (TPSA) is 12.9 Å².